The lowest BCUT2D eigenvalue weighted by molar-refractivity contribution is -0.134. The lowest BCUT2D eigenvalue weighted by Crippen LogP contribution is -2.54. The number of carbonyl (C=O) groups is 1. The summed E-state index contributed by atoms with van der Waals surface area (Å²) in [6.45, 7) is 6.71. The highest BCUT2D eigenvalue weighted by molar-refractivity contribution is 7.99. The summed E-state index contributed by atoms with van der Waals surface area (Å²) < 4.78 is 24.9. The second-order valence-electron chi connectivity index (χ2n) is 9.83. The van der Waals surface area contributed by atoms with Crippen molar-refractivity contribution in [1.29, 1.82) is 0 Å². The third-order valence-corrected chi connectivity index (χ3v) is 10.8. The maximum atomic E-state index is 12.7. The molecule has 0 bridgehead atoms. The Bertz CT molecular complexity index is 656. The van der Waals surface area contributed by atoms with Crippen molar-refractivity contribution in [3.8, 4) is 0 Å². The molecule has 0 amide bonds. The topological polar surface area (TPSA) is 54.0 Å². The van der Waals surface area contributed by atoms with Crippen LogP contribution in [0.3, 0.4) is 0 Å². The standard InChI is InChI=1S/C23H40O5S3Si/c1-25-21(15-11-29-9-7-19(15)24)17-13-31-14-18(23(17)27-3)22(26-2)16-12-30-10-8-20(16)28-32(4,5)6/h8,15-18,21-23H,7,9-14H2,1-6H3/t15-,16+,17+,18-,21+,22-,23-/m0/s1. The minimum Gasteiger partial charge on any atom is -0.547 e. The van der Waals surface area contributed by atoms with Crippen LogP contribution >= 0.6 is 35.3 Å². The first kappa shape index (κ1) is 27.0. The third-order valence-electron chi connectivity index (χ3n) is 6.61. The maximum Gasteiger partial charge on any atom is 0.241 e. The predicted octanol–water partition coefficient (Wildman–Crippen LogP) is 4.43. The van der Waals surface area contributed by atoms with Crippen LogP contribution in [-0.2, 0) is 23.4 Å². The van der Waals surface area contributed by atoms with E-state index in [9.17, 15) is 4.79 Å². The van der Waals surface area contributed by atoms with E-state index in [2.05, 4.69) is 25.7 Å². The van der Waals surface area contributed by atoms with Crippen LogP contribution in [0.25, 0.3) is 0 Å². The van der Waals surface area contributed by atoms with Gasteiger partial charge in [-0.3, -0.25) is 4.79 Å². The average Bonchev–Trinajstić information content (AvgIpc) is 2.76. The molecule has 9 heteroatoms. The van der Waals surface area contributed by atoms with Gasteiger partial charge in [0.1, 0.15) is 5.78 Å². The summed E-state index contributed by atoms with van der Waals surface area (Å²) in [5.41, 5.74) is 0. The second-order valence-corrected chi connectivity index (χ2v) is 17.6. The summed E-state index contributed by atoms with van der Waals surface area (Å²) in [5, 5.41) is 0. The van der Waals surface area contributed by atoms with Gasteiger partial charge < -0.3 is 18.6 Å². The minimum absolute atomic E-state index is 0.00839. The average molecular weight is 521 g/mol. The normalized spacial score (nSPS) is 34.0. The van der Waals surface area contributed by atoms with Gasteiger partial charge in [0.15, 0.2) is 0 Å². The van der Waals surface area contributed by atoms with Crippen LogP contribution in [-0.4, -0.2) is 88.3 Å². The molecule has 0 aromatic rings. The van der Waals surface area contributed by atoms with Gasteiger partial charge in [-0.2, -0.15) is 35.3 Å². The van der Waals surface area contributed by atoms with Gasteiger partial charge >= 0.3 is 0 Å². The zero-order valence-electron chi connectivity index (χ0n) is 20.3. The molecule has 5 nitrogen and oxygen atoms in total. The highest BCUT2D eigenvalue weighted by atomic mass is 32.2. The van der Waals surface area contributed by atoms with E-state index in [0.717, 1.165) is 40.3 Å². The molecule has 2 saturated heterocycles. The number of hydrogen-bond acceptors (Lipinski definition) is 8. The summed E-state index contributed by atoms with van der Waals surface area (Å²) in [5.74, 6) is 7.73. The molecule has 0 aliphatic carbocycles. The van der Waals surface area contributed by atoms with Gasteiger partial charge in [0.2, 0.25) is 8.32 Å². The molecule has 0 aromatic carbocycles. The SMILES string of the molecule is CO[C@@H]1[C@H]([C@@H](OC)[C@@H]2CSCC=C2O[Si](C)(C)C)CSC[C@@H]1[C@H](OC)[C@H]1CSCCC1=O. The van der Waals surface area contributed by atoms with Gasteiger partial charge in [-0.1, -0.05) is 0 Å². The smallest absolute Gasteiger partial charge is 0.241 e. The minimum atomic E-state index is -1.72. The summed E-state index contributed by atoms with van der Waals surface area (Å²) in [7, 11) is 3.67. The van der Waals surface area contributed by atoms with E-state index >= 15 is 0 Å². The van der Waals surface area contributed by atoms with Crippen molar-refractivity contribution >= 4 is 49.4 Å². The fraction of sp³-hybridized carbons (Fsp3) is 0.870. The van der Waals surface area contributed by atoms with E-state index in [4.69, 9.17) is 18.6 Å². The van der Waals surface area contributed by atoms with Crippen molar-refractivity contribution in [2.75, 3.05) is 55.8 Å². The van der Waals surface area contributed by atoms with Crippen LogP contribution in [0.4, 0.5) is 0 Å². The first-order valence-electron chi connectivity index (χ1n) is 11.5. The highest BCUT2D eigenvalue weighted by Gasteiger charge is 2.48. The molecule has 0 aromatic heterocycles. The number of thioether (sulfide) groups is 3. The number of ether oxygens (including phenoxy) is 3. The van der Waals surface area contributed by atoms with Crippen LogP contribution in [0.2, 0.25) is 19.6 Å². The van der Waals surface area contributed by atoms with Crippen LogP contribution in [0.15, 0.2) is 11.8 Å². The Hall–Kier alpha value is 0.357. The fourth-order valence-electron chi connectivity index (χ4n) is 5.27. The molecular formula is C23H40O5S3Si. The number of methoxy groups -OCH3 is 3. The van der Waals surface area contributed by atoms with Crippen molar-refractivity contribution in [2.45, 2.75) is 44.4 Å². The van der Waals surface area contributed by atoms with Gasteiger partial charge in [-0.05, 0) is 25.7 Å². The van der Waals surface area contributed by atoms with E-state index in [1.165, 1.54) is 0 Å². The zero-order valence-corrected chi connectivity index (χ0v) is 23.8. The molecule has 0 saturated carbocycles. The first-order valence-corrected chi connectivity index (χ1v) is 18.4. The van der Waals surface area contributed by atoms with Crippen molar-refractivity contribution in [2.24, 2.45) is 23.7 Å². The highest BCUT2D eigenvalue weighted by Crippen LogP contribution is 2.43. The molecule has 2 fully saturated rings. The summed E-state index contributed by atoms with van der Waals surface area (Å²) >= 11 is 5.76. The van der Waals surface area contributed by atoms with Crippen molar-refractivity contribution in [3.63, 3.8) is 0 Å². The van der Waals surface area contributed by atoms with Gasteiger partial charge in [0.25, 0.3) is 0 Å². The Morgan fingerprint density at radius 1 is 0.906 bits per heavy atom. The number of hydrogen-bond donors (Lipinski definition) is 0. The van der Waals surface area contributed by atoms with E-state index in [-0.39, 0.29) is 42.0 Å². The van der Waals surface area contributed by atoms with E-state index in [0.29, 0.717) is 12.2 Å². The molecule has 32 heavy (non-hydrogen) atoms. The fourth-order valence-corrected chi connectivity index (χ4v) is 9.82. The van der Waals surface area contributed by atoms with E-state index < -0.39 is 8.32 Å². The number of carbonyl (C=O) groups excluding carboxylic acids is 1. The predicted molar refractivity (Wildman–Crippen MR) is 140 cm³/mol. The Kier molecular flexibility index (Phi) is 10.4. The summed E-state index contributed by atoms with van der Waals surface area (Å²) in [4.78, 5) is 12.7. The molecule has 3 aliphatic rings. The van der Waals surface area contributed by atoms with Crippen molar-refractivity contribution in [3.05, 3.63) is 11.8 Å². The largest absolute Gasteiger partial charge is 0.547 e. The second kappa shape index (κ2) is 12.4. The molecule has 0 spiro atoms. The molecule has 0 unspecified atom stereocenters. The van der Waals surface area contributed by atoms with Crippen molar-refractivity contribution < 1.29 is 23.4 Å². The summed E-state index contributed by atoms with van der Waals surface area (Å²) in [6.07, 6.45) is 2.81. The number of rotatable bonds is 9. The molecular weight excluding hydrogens is 481 g/mol. The van der Waals surface area contributed by atoms with Crippen LogP contribution in [0, 0.1) is 23.7 Å². The van der Waals surface area contributed by atoms with Gasteiger partial charge in [0, 0.05) is 74.1 Å². The maximum absolute atomic E-state index is 12.7. The molecule has 184 valence electrons. The van der Waals surface area contributed by atoms with Gasteiger partial charge in [-0.25, -0.2) is 0 Å². The molecule has 3 rings (SSSR count). The summed E-state index contributed by atoms with van der Waals surface area (Å²) in [6, 6.07) is 0. The van der Waals surface area contributed by atoms with Crippen LogP contribution in [0.5, 0.6) is 0 Å². The Balaban J connectivity index is 1.84. The van der Waals surface area contributed by atoms with E-state index in [1.54, 1.807) is 7.11 Å². The van der Waals surface area contributed by atoms with E-state index in [1.807, 2.05) is 49.5 Å². The number of Topliss-reactive ketones (excluding diaryl/α,β-unsaturated/α-hetero) is 1. The van der Waals surface area contributed by atoms with Crippen molar-refractivity contribution in [1.82, 2.24) is 0 Å². The quantitative estimate of drug-likeness (QED) is 0.414. The van der Waals surface area contributed by atoms with Gasteiger partial charge in [-0.15, -0.1) is 0 Å². The molecule has 0 radical (unpaired) electrons. The third kappa shape index (κ3) is 6.52. The van der Waals surface area contributed by atoms with Crippen LogP contribution < -0.4 is 0 Å². The molecule has 0 N–H and O–H groups in total. The monoisotopic (exact) mass is 520 g/mol. The first-order chi connectivity index (χ1) is 15.3. The van der Waals surface area contributed by atoms with Gasteiger partial charge in [0.05, 0.1) is 35.9 Å². The molecule has 3 aliphatic heterocycles. The lowest BCUT2D eigenvalue weighted by atomic mass is 9.77. The molecule has 3 heterocycles. The lowest BCUT2D eigenvalue weighted by Gasteiger charge is -2.47. The Morgan fingerprint density at radius 2 is 1.53 bits per heavy atom. The number of ketones is 1. The molecule has 7 atom stereocenters. The van der Waals surface area contributed by atoms with Crippen LogP contribution in [0.1, 0.15) is 6.42 Å². The Morgan fingerprint density at radius 3 is 2.09 bits per heavy atom. The Labute approximate surface area is 208 Å². The zero-order chi connectivity index (χ0) is 23.3.